The van der Waals surface area contributed by atoms with Crippen LogP contribution >= 0.6 is 0 Å². The number of benzene rings is 1. The number of ether oxygens (including phenoxy) is 1. The second-order valence-corrected chi connectivity index (χ2v) is 6.69. The number of nitrogens with zero attached hydrogens (tertiary/aromatic N) is 3. The Kier molecular flexibility index (Phi) is 4.24. The van der Waals surface area contributed by atoms with E-state index in [1.165, 1.54) is 0 Å². The Morgan fingerprint density at radius 3 is 2.74 bits per heavy atom. The Labute approximate surface area is 157 Å². The first-order chi connectivity index (χ1) is 13.0. The van der Waals surface area contributed by atoms with Crippen molar-refractivity contribution in [2.75, 3.05) is 19.4 Å². The molecule has 4 rings (SSSR count). The quantitative estimate of drug-likeness (QED) is 0.763. The number of aromatic nitrogens is 2. The van der Waals surface area contributed by atoms with E-state index in [2.05, 4.69) is 15.3 Å². The Bertz CT molecular complexity index is 1000. The molecular formula is C21H20N4O2. The van der Waals surface area contributed by atoms with Crippen molar-refractivity contribution in [2.45, 2.75) is 13.0 Å². The molecule has 0 aliphatic carbocycles. The van der Waals surface area contributed by atoms with Crippen LogP contribution in [0.3, 0.4) is 0 Å². The molecule has 1 N–H and O–H groups in total. The van der Waals surface area contributed by atoms with Gasteiger partial charge in [0.15, 0.2) is 0 Å². The van der Waals surface area contributed by atoms with Crippen LogP contribution in [-0.4, -0.2) is 34.9 Å². The van der Waals surface area contributed by atoms with Gasteiger partial charge in [-0.05, 0) is 43.3 Å². The van der Waals surface area contributed by atoms with Crippen molar-refractivity contribution < 1.29 is 9.53 Å². The molecule has 0 radical (unpaired) electrons. The number of carbonyl (C=O) groups excluding carboxylic acids is 1. The van der Waals surface area contributed by atoms with Crippen molar-refractivity contribution in [1.29, 1.82) is 0 Å². The fourth-order valence-corrected chi connectivity index (χ4v) is 3.17. The van der Waals surface area contributed by atoms with Gasteiger partial charge in [0.2, 0.25) is 0 Å². The fraction of sp³-hybridized carbons (Fsp3) is 0.190. The van der Waals surface area contributed by atoms with Gasteiger partial charge in [0.1, 0.15) is 17.7 Å². The van der Waals surface area contributed by atoms with Gasteiger partial charge in [0.05, 0.1) is 11.9 Å². The molecule has 0 saturated heterocycles. The monoisotopic (exact) mass is 360 g/mol. The van der Waals surface area contributed by atoms with Crippen LogP contribution in [0, 0.1) is 0 Å². The number of hydrogen-bond donors (Lipinski definition) is 1. The second kappa shape index (κ2) is 6.72. The molecule has 1 unspecified atom stereocenters. The van der Waals surface area contributed by atoms with Crippen LogP contribution in [-0.2, 0) is 0 Å². The number of anilines is 2. The van der Waals surface area contributed by atoms with E-state index in [9.17, 15) is 4.79 Å². The molecule has 27 heavy (non-hydrogen) atoms. The summed E-state index contributed by atoms with van der Waals surface area (Å²) >= 11 is 0. The van der Waals surface area contributed by atoms with Crippen molar-refractivity contribution >= 4 is 17.4 Å². The highest BCUT2D eigenvalue weighted by Crippen LogP contribution is 2.43. The molecule has 2 aromatic heterocycles. The Morgan fingerprint density at radius 1 is 1.15 bits per heavy atom. The van der Waals surface area contributed by atoms with E-state index in [1.54, 1.807) is 37.5 Å². The van der Waals surface area contributed by atoms with E-state index < -0.39 is 0 Å². The standard InChI is InChI=1S/C21H20N4O2/c1-13-17-10-20(24-15-5-4-8-22-11-15)23-12-18(17)16-7-6-14(9-19(16)27-13)21(26)25(2)3/h4-13H,1-3H3,(H,23,24). The van der Waals surface area contributed by atoms with E-state index in [0.717, 1.165) is 28.2 Å². The number of rotatable bonds is 3. The SMILES string of the molecule is CC1Oc2cc(C(=O)N(C)C)ccc2-c2cnc(Nc3cccnc3)cc21. The van der Waals surface area contributed by atoms with E-state index in [-0.39, 0.29) is 12.0 Å². The average Bonchev–Trinajstić information content (AvgIpc) is 2.68. The summed E-state index contributed by atoms with van der Waals surface area (Å²) in [5.74, 6) is 1.39. The van der Waals surface area contributed by atoms with Gasteiger partial charge >= 0.3 is 0 Å². The van der Waals surface area contributed by atoms with E-state index in [1.807, 2.05) is 43.5 Å². The van der Waals surface area contributed by atoms with Crippen LogP contribution < -0.4 is 10.1 Å². The van der Waals surface area contributed by atoms with Crippen molar-refractivity contribution in [2.24, 2.45) is 0 Å². The molecule has 6 heteroatoms. The van der Waals surface area contributed by atoms with Crippen LogP contribution in [0.25, 0.3) is 11.1 Å². The van der Waals surface area contributed by atoms with Gasteiger partial charge in [0.25, 0.3) is 5.91 Å². The van der Waals surface area contributed by atoms with Gasteiger partial charge < -0.3 is 15.0 Å². The third kappa shape index (κ3) is 3.21. The smallest absolute Gasteiger partial charge is 0.253 e. The zero-order chi connectivity index (χ0) is 19.0. The predicted octanol–water partition coefficient (Wildman–Crippen LogP) is 4.04. The lowest BCUT2D eigenvalue weighted by Crippen LogP contribution is -2.22. The van der Waals surface area contributed by atoms with Crippen LogP contribution in [0.15, 0.2) is 55.0 Å². The molecule has 0 saturated carbocycles. The Hall–Kier alpha value is -3.41. The lowest BCUT2D eigenvalue weighted by Gasteiger charge is -2.27. The number of pyridine rings is 2. The van der Waals surface area contributed by atoms with Crippen LogP contribution in [0.1, 0.15) is 28.9 Å². The topological polar surface area (TPSA) is 67.3 Å². The first-order valence-electron chi connectivity index (χ1n) is 8.72. The highest BCUT2D eigenvalue weighted by molar-refractivity contribution is 5.95. The Balaban J connectivity index is 1.70. The molecule has 1 aliphatic rings. The van der Waals surface area contributed by atoms with Crippen molar-refractivity contribution in [3.63, 3.8) is 0 Å². The summed E-state index contributed by atoms with van der Waals surface area (Å²) in [6.45, 7) is 2.00. The molecule has 6 nitrogen and oxygen atoms in total. The summed E-state index contributed by atoms with van der Waals surface area (Å²) in [5.41, 5.74) is 4.50. The number of amides is 1. The summed E-state index contributed by atoms with van der Waals surface area (Å²) < 4.78 is 6.10. The van der Waals surface area contributed by atoms with Gasteiger partial charge in [-0.1, -0.05) is 0 Å². The lowest BCUT2D eigenvalue weighted by atomic mass is 9.94. The molecule has 0 spiro atoms. The summed E-state index contributed by atoms with van der Waals surface area (Å²) in [7, 11) is 3.47. The third-order valence-corrected chi connectivity index (χ3v) is 4.54. The van der Waals surface area contributed by atoms with E-state index in [0.29, 0.717) is 11.3 Å². The molecule has 3 heterocycles. The number of nitrogens with one attached hydrogen (secondary N) is 1. The van der Waals surface area contributed by atoms with Crippen molar-refractivity contribution in [3.8, 4) is 16.9 Å². The van der Waals surface area contributed by atoms with Gasteiger partial charge in [-0.3, -0.25) is 9.78 Å². The summed E-state index contributed by atoms with van der Waals surface area (Å²) in [5, 5.41) is 3.26. The van der Waals surface area contributed by atoms with Gasteiger partial charge in [-0.2, -0.15) is 0 Å². The molecule has 3 aromatic rings. The minimum absolute atomic E-state index is 0.0472. The molecule has 0 bridgehead atoms. The number of fused-ring (bicyclic) bond motifs is 3. The first-order valence-corrected chi connectivity index (χ1v) is 8.72. The highest BCUT2D eigenvalue weighted by atomic mass is 16.5. The first kappa shape index (κ1) is 17.0. The maximum absolute atomic E-state index is 12.2. The maximum atomic E-state index is 12.2. The van der Waals surface area contributed by atoms with Crippen LogP contribution in [0.2, 0.25) is 0 Å². The second-order valence-electron chi connectivity index (χ2n) is 6.69. The fourth-order valence-electron chi connectivity index (χ4n) is 3.17. The summed E-state index contributed by atoms with van der Waals surface area (Å²) in [4.78, 5) is 22.4. The van der Waals surface area contributed by atoms with Crippen LogP contribution in [0.5, 0.6) is 5.75 Å². The van der Waals surface area contributed by atoms with Gasteiger partial charge in [0, 0.05) is 48.7 Å². The largest absolute Gasteiger partial charge is 0.485 e. The van der Waals surface area contributed by atoms with Gasteiger partial charge in [-0.25, -0.2) is 4.98 Å². The third-order valence-electron chi connectivity index (χ3n) is 4.54. The van der Waals surface area contributed by atoms with Gasteiger partial charge in [-0.15, -0.1) is 0 Å². The normalized spacial score (nSPS) is 14.6. The summed E-state index contributed by atoms with van der Waals surface area (Å²) in [6, 6.07) is 11.4. The number of hydrogen-bond acceptors (Lipinski definition) is 5. The minimum atomic E-state index is -0.144. The molecule has 136 valence electrons. The van der Waals surface area contributed by atoms with Crippen LogP contribution in [0.4, 0.5) is 11.5 Å². The molecule has 1 aromatic carbocycles. The molecule has 1 atom stereocenters. The highest BCUT2D eigenvalue weighted by Gasteiger charge is 2.25. The van der Waals surface area contributed by atoms with E-state index >= 15 is 0 Å². The Morgan fingerprint density at radius 2 is 2.00 bits per heavy atom. The molecule has 1 amide bonds. The predicted molar refractivity (Wildman–Crippen MR) is 104 cm³/mol. The molecule has 0 fully saturated rings. The average molecular weight is 360 g/mol. The van der Waals surface area contributed by atoms with E-state index in [4.69, 9.17) is 4.74 Å². The minimum Gasteiger partial charge on any atom is -0.485 e. The summed E-state index contributed by atoms with van der Waals surface area (Å²) in [6.07, 6.45) is 5.18. The zero-order valence-corrected chi connectivity index (χ0v) is 15.4. The van der Waals surface area contributed by atoms with Crippen molar-refractivity contribution in [3.05, 3.63) is 66.1 Å². The molecular weight excluding hydrogens is 340 g/mol. The maximum Gasteiger partial charge on any atom is 0.253 e. The zero-order valence-electron chi connectivity index (χ0n) is 15.4. The number of carbonyl (C=O) groups is 1. The molecule has 1 aliphatic heterocycles. The lowest BCUT2D eigenvalue weighted by molar-refractivity contribution is 0.0827. The van der Waals surface area contributed by atoms with Crippen molar-refractivity contribution in [1.82, 2.24) is 14.9 Å².